The van der Waals surface area contributed by atoms with Crippen molar-refractivity contribution in [2.45, 2.75) is 51.6 Å². The van der Waals surface area contributed by atoms with Crippen LogP contribution >= 0.6 is 11.3 Å². The summed E-state index contributed by atoms with van der Waals surface area (Å²) in [6.45, 7) is 10.6. The highest BCUT2D eigenvalue weighted by atomic mass is 32.1. The van der Waals surface area contributed by atoms with Crippen molar-refractivity contribution in [2.75, 3.05) is 46.3 Å². The monoisotopic (exact) mass is 336 g/mol. The maximum Gasteiger partial charge on any atom is 0.0928 e. The van der Waals surface area contributed by atoms with E-state index < -0.39 is 0 Å². The molecule has 1 aromatic rings. The lowest BCUT2D eigenvalue weighted by molar-refractivity contribution is 0.0813. The Labute approximate surface area is 145 Å². The predicted octanol–water partition coefficient (Wildman–Crippen LogP) is 2.70. The Bertz CT molecular complexity index is 467. The van der Waals surface area contributed by atoms with Crippen molar-refractivity contribution in [2.24, 2.45) is 0 Å². The van der Waals surface area contributed by atoms with E-state index in [-0.39, 0.29) is 0 Å². The molecule has 0 amide bonds. The Morgan fingerprint density at radius 3 is 2.65 bits per heavy atom. The van der Waals surface area contributed by atoms with Crippen LogP contribution in [0.3, 0.4) is 0 Å². The Hall–Kier alpha value is -0.490. The molecule has 1 aromatic heterocycles. The molecule has 0 radical (unpaired) electrons. The summed E-state index contributed by atoms with van der Waals surface area (Å²) < 4.78 is 0. The topological polar surface area (TPSA) is 22.6 Å². The van der Waals surface area contributed by atoms with Crippen LogP contribution < -0.4 is 0 Å². The summed E-state index contributed by atoms with van der Waals surface area (Å²) in [5.74, 6) is 0. The second kappa shape index (κ2) is 8.56. The van der Waals surface area contributed by atoms with E-state index in [4.69, 9.17) is 4.98 Å². The van der Waals surface area contributed by atoms with Gasteiger partial charge in [-0.1, -0.05) is 13.3 Å². The molecule has 0 saturated carbocycles. The maximum atomic E-state index is 4.77. The highest BCUT2D eigenvalue weighted by Crippen LogP contribution is 2.18. The number of hydrogen-bond donors (Lipinski definition) is 0. The molecule has 3 rings (SSSR count). The fourth-order valence-corrected chi connectivity index (χ4v) is 4.67. The highest BCUT2D eigenvalue weighted by molar-refractivity contribution is 7.09. The summed E-state index contributed by atoms with van der Waals surface area (Å²) >= 11 is 1.83. The van der Waals surface area contributed by atoms with Gasteiger partial charge in [0.25, 0.3) is 0 Å². The Kier molecular flexibility index (Phi) is 6.45. The van der Waals surface area contributed by atoms with E-state index >= 15 is 0 Å². The number of thiazole rings is 1. The molecule has 0 bridgehead atoms. The quantitative estimate of drug-likeness (QED) is 0.796. The van der Waals surface area contributed by atoms with E-state index in [9.17, 15) is 0 Å². The standard InChI is InChI=1S/C18H32N4S/c1-3-6-18-19-16(15-23-18)13-21-9-11-22(12-10-21)14-17-7-4-5-8-20(17)2/h15,17H,3-14H2,1-2H3. The molecule has 0 aromatic carbocycles. The predicted molar refractivity (Wildman–Crippen MR) is 98.1 cm³/mol. The molecule has 23 heavy (non-hydrogen) atoms. The van der Waals surface area contributed by atoms with Crippen molar-refractivity contribution in [1.82, 2.24) is 19.7 Å². The largest absolute Gasteiger partial charge is 0.302 e. The van der Waals surface area contributed by atoms with E-state index in [2.05, 4.69) is 34.1 Å². The van der Waals surface area contributed by atoms with Crippen LogP contribution in [0, 0.1) is 0 Å². The Balaban J connectivity index is 1.41. The third-order valence-electron chi connectivity index (χ3n) is 5.30. The van der Waals surface area contributed by atoms with Crippen LogP contribution in [0.5, 0.6) is 0 Å². The van der Waals surface area contributed by atoms with Gasteiger partial charge in [0.1, 0.15) is 0 Å². The molecule has 3 heterocycles. The number of aromatic nitrogens is 1. The van der Waals surface area contributed by atoms with Gasteiger partial charge in [-0.05, 0) is 39.3 Å². The number of nitrogens with zero attached hydrogens (tertiary/aromatic N) is 4. The number of piperazine rings is 1. The van der Waals surface area contributed by atoms with Gasteiger partial charge in [0.15, 0.2) is 0 Å². The molecular weight excluding hydrogens is 304 g/mol. The number of piperidine rings is 1. The van der Waals surface area contributed by atoms with E-state index in [1.807, 2.05) is 11.3 Å². The van der Waals surface area contributed by atoms with Crippen molar-refractivity contribution in [3.8, 4) is 0 Å². The number of likely N-dealkylation sites (tertiary alicyclic amines) is 1. The minimum Gasteiger partial charge on any atom is -0.302 e. The second-order valence-electron chi connectivity index (χ2n) is 7.19. The second-order valence-corrected chi connectivity index (χ2v) is 8.13. The zero-order valence-electron chi connectivity index (χ0n) is 14.8. The molecule has 130 valence electrons. The highest BCUT2D eigenvalue weighted by Gasteiger charge is 2.24. The van der Waals surface area contributed by atoms with Crippen LogP contribution in [0.1, 0.15) is 43.3 Å². The number of likely N-dealkylation sites (N-methyl/N-ethyl adjacent to an activating group) is 1. The van der Waals surface area contributed by atoms with Crippen molar-refractivity contribution in [1.29, 1.82) is 0 Å². The van der Waals surface area contributed by atoms with Crippen molar-refractivity contribution in [3.63, 3.8) is 0 Å². The Morgan fingerprint density at radius 2 is 1.91 bits per heavy atom. The molecular formula is C18H32N4S. The zero-order chi connectivity index (χ0) is 16.1. The molecule has 2 saturated heterocycles. The van der Waals surface area contributed by atoms with Gasteiger partial charge in [-0.2, -0.15) is 0 Å². The van der Waals surface area contributed by atoms with Crippen LogP contribution in [0.15, 0.2) is 5.38 Å². The molecule has 5 heteroatoms. The minimum absolute atomic E-state index is 0.783. The molecule has 4 nitrogen and oxygen atoms in total. The van der Waals surface area contributed by atoms with Gasteiger partial charge in [-0.3, -0.25) is 9.80 Å². The Morgan fingerprint density at radius 1 is 1.13 bits per heavy atom. The summed E-state index contributed by atoms with van der Waals surface area (Å²) in [5.41, 5.74) is 1.28. The van der Waals surface area contributed by atoms with Gasteiger partial charge in [0.2, 0.25) is 0 Å². The summed E-state index contributed by atoms with van der Waals surface area (Å²) in [6, 6.07) is 0.783. The molecule has 1 atom stereocenters. The molecule has 2 fully saturated rings. The SMILES string of the molecule is CCCc1nc(CN2CCN(CC3CCCCN3C)CC2)cs1. The van der Waals surface area contributed by atoms with Gasteiger partial charge in [-0.15, -0.1) is 11.3 Å². The van der Waals surface area contributed by atoms with Gasteiger partial charge >= 0.3 is 0 Å². The zero-order valence-corrected chi connectivity index (χ0v) is 15.7. The molecule has 0 N–H and O–H groups in total. The van der Waals surface area contributed by atoms with Crippen molar-refractivity contribution in [3.05, 3.63) is 16.1 Å². The van der Waals surface area contributed by atoms with E-state index in [1.54, 1.807) is 0 Å². The molecule has 2 aliphatic heterocycles. The van der Waals surface area contributed by atoms with Gasteiger partial charge < -0.3 is 4.90 Å². The number of hydrogen-bond acceptors (Lipinski definition) is 5. The minimum atomic E-state index is 0.783. The molecule has 0 spiro atoms. The van der Waals surface area contributed by atoms with Crippen LogP contribution in [-0.4, -0.2) is 72.0 Å². The summed E-state index contributed by atoms with van der Waals surface area (Å²) in [4.78, 5) is 12.6. The van der Waals surface area contributed by atoms with Crippen LogP contribution in [0.4, 0.5) is 0 Å². The van der Waals surface area contributed by atoms with Crippen LogP contribution in [-0.2, 0) is 13.0 Å². The molecule has 0 aliphatic carbocycles. The van der Waals surface area contributed by atoms with Crippen LogP contribution in [0.2, 0.25) is 0 Å². The first-order chi connectivity index (χ1) is 11.2. The van der Waals surface area contributed by atoms with E-state index in [0.29, 0.717) is 0 Å². The lowest BCUT2D eigenvalue weighted by atomic mass is 10.0. The fourth-order valence-electron chi connectivity index (χ4n) is 3.78. The third kappa shape index (κ3) is 4.99. The fraction of sp³-hybridized carbons (Fsp3) is 0.833. The average Bonchev–Trinajstić information content (AvgIpc) is 2.99. The third-order valence-corrected chi connectivity index (χ3v) is 6.26. The van der Waals surface area contributed by atoms with E-state index in [1.165, 1.54) is 75.7 Å². The van der Waals surface area contributed by atoms with Crippen molar-refractivity contribution < 1.29 is 0 Å². The number of aryl methyl sites for hydroxylation is 1. The summed E-state index contributed by atoms with van der Waals surface area (Å²) in [7, 11) is 2.30. The molecule has 1 unspecified atom stereocenters. The normalized spacial score (nSPS) is 25.0. The summed E-state index contributed by atoms with van der Waals surface area (Å²) in [6.07, 6.45) is 6.51. The first-order valence-electron chi connectivity index (χ1n) is 9.33. The molecule has 2 aliphatic rings. The first-order valence-corrected chi connectivity index (χ1v) is 10.2. The summed E-state index contributed by atoms with van der Waals surface area (Å²) in [5, 5.41) is 3.57. The van der Waals surface area contributed by atoms with Gasteiger partial charge in [-0.25, -0.2) is 4.98 Å². The lowest BCUT2D eigenvalue weighted by Crippen LogP contribution is -2.51. The smallest absolute Gasteiger partial charge is 0.0928 e. The lowest BCUT2D eigenvalue weighted by Gasteiger charge is -2.40. The first kappa shape index (κ1) is 17.3. The van der Waals surface area contributed by atoms with Gasteiger partial charge in [0.05, 0.1) is 10.7 Å². The average molecular weight is 337 g/mol. The van der Waals surface area contributed by atoms with E-state index in [0.717, 1.165) is 19.0 Å². The van der Waals surface area contributed by atoms with Crippen LogP contribution in [0.25, 0.3) is 0 Å². The van der Waals surface area contributed by atoms with Crippen molar-refractivity contribution >= 4 is 11.3 Å². The van der Waals surface area contributed by atoms with Gasteiger partial charge in [0, 0.05) is 50.7 Å². The number of rotatable bonds is 6. The maximum absolute atomic E-state index is 4.77.